The molecule has 11 heteroatoms. The first-order valence-corrected chi connectivity index (χ1v) is 8.90. The Morgan fingerprint density at radius 3 is 2.75 bits per heavy atom. The molecule has 1 saturated carbocycles. The van der Waals surface area contributed by atoms with Crippen LogP contribution in [-0.4, -0.2) is 44.1 Å². The van der Waals surface area contributed by atoms with Crippen molar-refractivity contribution in [2.75, 3.05) is 6.54 Å². The van der Waals surface area contributed by atoms with Crippen LogP contribution in [0.2, 0.25) is 0 Å². The van der Waals surface area contributed by atoms with E-state index in [0.717, 1.165) is 16.7 Å². The van der Waals surface area contributed by atoms with E-state index in [1.165, 1.54) is 4.90 Å². The monoisotopic (exact) mass is 403 g/mol. The van der Waals surface area contributed by atoms with Crippen molar-refractivity contribution >= 4 is 5.91 Å². The third kappa shape index (κ3) is 3.31. The molecule has 0 spiro atoms. The zero-order valence-electron chi connectivity index (χ0n) is 14.7. The van der Waals surface area contributed by atoms with Gasteiger partial charge in [0.05, 0.1) is 6.54 Å². The molecule has 1 aromatic rings. The largest absolute Gasteiger partial charge is 0.451 e. The van der Waals surface area contributed by atoms with Crippen molar-refractivity contribution in [3.05, 3.63) is 34.9 Å². The van der Waals surface area contributed by atoms with Gasteiger partial charge in [0.2, 0.25) is 11.7 Å². The first kappa shape index (κ1) is 19.0. The van der Waals surface area contributed by atoms with Gasteiger partial charge in [-0.25, -0.2) is 0 Å². The summed E-state index contributed by atoms with van der Waals surface area (Å²) >= 11 is 0. The molecule has 0 bridgehead atoms. The van der Waals surface area contributed by atoms with Gasteiger partial charge in [0.1, 0.15) is 0 Å². The minimum Gasteiger partial charge on any atom is -0.333 e. The summed E-state index contributed by atoms with van der Waals surface area (Å²) in [6.45, 7) is -0.0761. The van der Waals surface area contributed by atoms with Crippen LogP contribution in [-0.2, 0) is 24.1 Å². The van der Waals surface area contributed by atoms with E-state index in [1.54, 1.807) is 0 Å². The quantitative estimate of drug-likeness (QED) is 0.786. The fraction of sp³-hybridized carbons (Fsp3) is 0.588. The van der Waals surface area contributed by atoms with Crippen molar-refractivity contribution < 1.29 is 26.7 Å². The van der Waals surface area contributed by atoms with Gasteiger partial charge in [0.25, 0.3) is 5.92 Å². The molecule has 6 nitrogen and oxygen atoms in total. The Balaban J connectivity index is 1.41. The number of nitrogens with two attached hydrogens (primary N) is 1. The molecule has 1 aliphatic heterocycles. The van der Waals surface area contributed by atoms with Crippen molar-refractivity contribution in [2.45, 2.75) is 50.5 Å². The fourth-order valence-electron chi connectivity index (χ4n) is 4.18. The highest BCUT2D eigenvalue weighted by Crippen LogP contribution is 2.46. The average molecular weight is 403 g/mol. The molecule has 2 heterocycles. The molecule has 0 radical (unpaired) electrons. The summed E-state index contributed by atoms with van der Waals surface area (Å²) in [5.74, 6) is -4.65. The van der Waals surface area contributed by atoms with Crippen molar-refractivity contribution in [3.63, 3.8) is 0 Å². The zero-order chi connectivity index (χ0) is 20.3. The van der Waals surface area contributed by atoms with Crippen LogP contribution in [0.3, 0.4) is 0 Å². The van der Waals surface area contributed by atoms with Crippen LogP contribution in [0.5, 0.6) is 0 Å². The third-order valence-corrected chi connectivity index (χ3v) is 5.50. The standard InChI is InChI=1S/C17H18F5N5O/c18-16(19)6-9-1-2-10(11(9)7-16)12(23)5-14(28)26-3-4-27-13(8-26)24-25-15(27)17(20,21)22/h6-7,10,12H,1-5,8,23H2. The van der Waals surface area contributed by atoms with Gasteiger partial charge in [-0.2, -0.15) is 22.0 Å². The van der Waals surface area contributed by atoms with E-state index in [4.69, 9.17) is 5.73 Å². The lowest BCUT2D eigenvalue weighted by atomic mass is 9.91. The number of hydrogen-bond donors (Lipinski definition) is 1. The van der Waals surface area contributed by atoms with Crippen LogP contribution >= 0.6 is 0 Å². The van der Waals surface area contributed by atoms with E-state index in [1.807, 2.05) is 0 Å². The van der Waals surface area contributed by atoms with Gasteiger partial charge < -0.3 is 15.2 Å². The molecule has 2 atom stereocenters. The second-order valence-electron chi connectivity index (χ2n) is 7.36. The molecule has 0 aromatic carbocycles. The predicted octanol–water partition coefficient (Wildman–Crippen LogP) is 2.27. The number of carbonyl (C=O) groups is 1. The first-order valence-electron chi connectivity index (χ1n) is 8.90. The van der Waals surface area contributed by atoms with Gasteiger partial charge in [-0.15, -0.1) is 10.2 Å². The van der Waals surface area contributed by atoms with Crippen molar-refractivity contribution in [1.29, 1.82) is 0 Å². The first-order chi connectivity index (χ1) is 13.0. The number of amides is 1. The van der Waals surface area contributed by atoms with Crippen LogP contribution in [0.4, 0.5) is 22.0 Å². The van der Waals surface area contributed by atoms with Crippen LogP contribution in [0.25, 0.3) is 0 Å². The Kier molecular flexibility index (Phi) is 4.32. The molecule has 3 aliphatic rings. The van der Waals surface area contributed by atoms with Crippen LogP contribution < -0.4 is 5.73 Å². The van der Waals surface area contributed by atoms with E-state index in [9.17, 15) is 26.7 Å². The Morgan fingerprint density at radius 1 is 1.29 bits per heavy atom. The number of carbonyl (C=O) groups excluding carboxylic acids is 1. The smallest absolute Gasteiger partial charge is 0.333 e. The topological polar surface area (TPSA) is 77.0 Å². The Bertz CT molecular complexity index is 872. The maximum absolute atomic E-state index is 13.5. The SMILES string of the molecule is NC(CC(=O)N1CCn2c(nnc2C(F)(F)F)C1)C1CCC2=CC(F)(F)C=C21. The summed E-state index contributed by atoms with van der Waals surface area (Å²) in [6, 6.07) is -0.635. The van der Waals surface area contributed by atoms with E-state index in [2.05, 4.69) is 10.2 Å². The number of halogens is 5. The maximum Gasteiger partial charge on any atom is 0.451 e. The summed E-state index contributed by atoms with van der Waals surface area (Å²) in [4.78, 5) is 14.0. The van der Waals surface area contributed by atoms with E-state index < -0.39 is 24.0 Å². The summed E-state index contributed by atoms with van der Waals surface area (Å²) in [6.07, 6.45) is -1.73. The van der Waals surface area contributed by atoms with Gasteiger partial charge in [0, 0.05) is 31.5 Å². The summed E-state index contributed by atoms with van der Waals surface area (Å²) in [5.41, 5.74) is 7.24. The lowest BCUT2D eigenvalue weighted by Crippen LogP contribution is -2.43. The number of fused-ring (bicyclic) bond motifs is 2. The summed E-state index contributed by atoms with van der Waals surface area (Å²) < 4.78 is 66.7. The number of nitrogens with zero attached hydrogens (tertiary/aromatic N) is 4. The maximum atomic E-state index is 13.5. The molecule has 152 valence electrons. The molecule has 2 aliphatic carbocycles. The minimum atomic E-state index is -4.61. The zero-order valence-corrected chi connectivity index (χ0v) is 14.7. The van der Waals surface area contributed by atoms with Crippen molar-refractivity contribution in [3.8, 4) is 0 Å². The van der Waals surface area contributed by atoms with Crippen LogP contribution in [0, 0.1) is 5.92 Å². The van der Waals surface area contributed by atoms with Gasteiger partial charge in [0.15, 0.2) is 5.82 Å². The molecule has 2 N–H and O–H groups in total. The molecule has 4 rings (SSSR count). The Labute approximate surface area is 156 Å². The van der Waals surface area contributed by atoms with Gasteiger partial charge in [-0.3, -0.25) is 4.79 Å². The number of allylic oxidation sites excluding steroid dienone is 3. The molecule has 1 amide bonds. The van der Waals surface area contributed by atoms with E-state index in [-0.39, 0.29) is 43.7 Å². The number of hydrogen-bond acceptors (Lipinski definition) is 4. The molecule has 1 fully saturated rings. The number of alkyl halides is 5. The lowest BCUT2D eigenvalue weighted by molar-refractivity contribution is -0.148. The van der Waals surface area contributed by atoms with Gasteiger partial charge in [-0.1, -0.05) is 0 Å². The van der Waals surface area contributed by atoms with Crippen LogP contribution in [0.1, 0.15) is 30.9 Å². The fourth-order valence-corrected chi connectivity index (χ4v) is 4.18. The highest BCUT2D eigenvalue weighted by molar-refractivity contribution is 5.77. The molecular weight excluding hydrogens is 385 g/mol. The van der Waals surface area contributed by atoms with Crippen molar-refractivity contribution in [1.82, 2.24) is 19.7 Å². The second-order valence-corrected chi connectivity index (χ2v) is 7.36. The van der Waals surface area contributed by atoms with Crippen molar-refractivity contribution in [2.24, 2.45) is 11.7 Å². The molecule has 28 heavy (non-hydrogen) atoms. The number of rotatable bonds is 3. The normalized spacial score (nSPS) is 24.5. The number of aromatic nitrogens is 3. The Hall–Kier alpha value is -2.30. The average Bonchev–Trinajstić information content (AvgIpc) is 3.24. The third-order valence-electron chi connectivity index (χ3n) is 5.50. The highest BCUT2D eigenvalue weighted by Gasteiger charge is 2.42. The summed E-state index contributed by atoms with van der Waals surface area (Å²) in [5, 5.41) is 6.72. The van der Waals surface area contributed by atoms with Crippen LogP contribution in [0.15, 0.2) is 23.3 Å². The summed E-state index contributed by atoms with van der Waals surface area (Å²) in [7, 11) is 0. The van der Waals surface area contributed by atoms with E-state index in [0.29, 0.717) is 24.0 Å². The van der Waals surface area contributed by atoms with Gasteiger partial charge in [-0.05, 0) is 36.1 Å². The molecule has 1 aromatic heterocycles. The Morgan fingerprint density at radius 2 is 2.04 bits per heavy atom. The molecule has 0 saturated heterocycles. The molecular formula is C17H18F5N5O. The van der Waals surface area contributed by atoms with E-state index >= 15 is 0 Å². The van der Waals surface area contributed by atoms with Gasteiger partial charge >= 0.3 is 6.18 Å². The predicted molar refractivity (Wildman–Crippen MR) is 86.9 cm³/mol. The molecule has 2 unspecified atom stereocenters. The lowest BCUT2D eigenvalue weighted by Gasteiger charge is -2.30. The highest BCUT2D eigenvalue weighted by atomic mass is 19.4. The minimum absolute atomic E-state index is 0.0599. The second kappa shape index (κ2) is 6.36.